The van der Waals surface area contributed by atoms with Gasteiger partial charge < -0.3 is 0 Å². The third kappa shape index (κ3) is 7.34. The molecule has 0 spiro atoms. The summed E-state index contributed by atoms with van der Waals surface area (Å²) in [6.07, 6.45) is 0. The molecule has 0 aliphatic heterocycles. The van der Waals surface area contributed by atoms with Crippen molar-refractivity contribution in [1.82, 2.24) is 15.0 Å². The summed E-state index contributed by atoms with van der Waals surface area (Å²) < 4.78 is 0. The molecule has 0 unspecified atom stereocenters. The summed E-state index contributed by atoms with van der Waals surface area (Å²) in [5.41, 5.74) is 19.1. The van der Waals surface area contributed by atoms with Gasteiger partial charge in [0.25, 0.3) is 0 Å². The van der Waals surface area contributed by atoms with Crippen LogP contribution in [0.15, 0.2) is 255 Å². The van der Waals surface area contributed by atoms with Crippen molar-refractivity contribution in [3.8, 4) is 118 Å². The van der Waals surface area contributed by atoms with Gasteiger partial charge in [-0.05, 0) is 141 Å². The maximum absolute atomic E-state index is 10.6. The van der Waals surface area contributed by atoms with Gasteiger partial charge in [0.05, 0.1) is 11.6 Å². The first-order valence-corrected chi connectivity index (χ1v) is 25.0. The molecule has 1 aliphatic carbocycles. The first-order valence-electron chi connectivity index (χ1n) is 25.0. The molecule has 0 radical (unpaired) electrons. The molecule has 0 N–H and O–H groups in total. The Morgan fingerprint density at radius 2 is 0.676 bits per heavy atom. The molecule has 0 saturated heterocycles. The fourth-order valence-corrected chi connectivity index (χ4v) is 11.1. The standard InChI is InChI=1S/C70H42N4/c71-43-55-39-49(34-35-56(55)50-19-11-20-51(40-50)58-36-37-65-61-26-8-7-25-60(61)64-29-13-28-63(58)67(64)65)48-18-10-17-47(38-48)44-30-32-46(33-31-44)69-72-68(45-14-2-1-3-15-45)73-70(74-69)54-22-12-21-52(41-54)66-42-53-16-4-5-23-57(53)59-24-6-9-27-62(59)66/h1-42H. The van der Waals surface area contributed by atoms with E-state index in [1.54, 1.807) is 0 Å². The van der Waals surface area contributed by atoms with Crippen molar-refractivity contribution >= 4 is 32.3 Å². The fraction of sp³-hybridized carbons (Fsp3) is 0. The minimum Gasteiger partial charge on any atom is -0.208 e. The highest BCUT2D eigenvalue weighted by Crippen LogP contribution is 2.49. The Morgan fingerprint density at radius 3 is 1.42 bits per heavy atom. The molecule has 13 aromatic rings. The van der Waals surface area contributed by atoms with E-state index >= 15 is 0 Å². The van der Waals surface area contributed by atoms with Crippen molar-refractivity contribution in [3.05, 3.63) is 260 Å². The maximum Gasteiger partial charge on any atom is 0.164 e. The Morgan fingerprint density at radius 1 is 0.243 bits per heavy atom. The lowest BCUT2D eigenvalue weighted by Gasteiger charge is -2.13. The second-order valence-corrected chi connectivity index (χ2v) is 19.0. The summed E-state index contributed by atoms with van der Waals surface area (Å²) in [5.74, 6) is 1.82. The molecule has 0 fully saturated rings. The number of fused-ring (bicyclic) bond motifs is 6. The first-order chi connectivity index (χ1) is 36.6. The molecule has 0 bridgehead atoms. The van der Waals surface area contributed by atoms with Gasteiger partial charge in [0, 0.05) is 16.7 Å². The molecule has 1 heterocycles. The van der Waals surface area contributed by atoms with Gasteiger partial charge in [-0.2, -0.15) is 5.26 Å². The van der Waals surface area contributed by atoms with Crippen LogP contribution in [0.5, 0.6) is 0 Å². The fourth-order valence-electron chi connectivity index (χ4n) is 11.1. The molecule has 4 heteroatoms. The smallest absolute Gasteiger partial charge is 0.164 e. The molecular weight excluding hydrogens is 897 g/mol. The maximum atomic E-state index is 10.6. The van der Waals surface area contributed by atoms with Gasteiger partial charge in [-0.1, -0.05) is 224 Å². The third-order valence-electron chi connectivity index (χ3n) is 14.7. The summed E-state index contributed by atoms with van der Waals surface area (Å²) in [7, 11) is 0. The second-order valence-electron chi connectivity index (χ2n) is 19.0. The van der Waals surface area contributed by atoms with Crippen LogP contribution < -0.4 is 0 Å². The van der Waals surface area contributed by atoms with E-state index in [-0.39, 0.29) is 0 Å². The summed E-state index contributed by atoms with van der Waals surface area (Å²) in [6, 6.07) is 92.2. The van der Waals surface area contributed by atoms with Crippen LogP contribution >= 0.6 is 0 Å². The highest BCUT2D eigenvalue weighted by Gasteiger charge is 2.23. The minimum absolute atomic E-state index is 0.598. The van der Waals surface area contributed by atoms with Gasteiger partial charge in [0.2, 0.25) is 0 Å². The lowest BCUT2D eigenvalue weighted by Crippen LogP contribution is -2.00. The minimum atomic E-state index is 0.598. The lowest BCUT2D eigenvalue weighted by molar-refractivity contribution is 1.07. The molecule has 14 rings (SSSR count). The summed E-state index contributed by atoms with van der Waals surface area (Å²) in [5, 5.41) is 18.0. The average Bonchev–Trinajstić information content (AvgIpc) is 3.82. The number of hydrogen-bond donors (Lipinski definition) is 0. The van der Waals surface area contributed by atoms with Crippen molar-refractivity contribution in [3.63, 3.8) is 0 Å². The monoisotopic (exact) mass is 938 g/mol. The van der Waals surface area contributed by atoms with Crippen LogP contribution in [0.2, 0.25) is 0 Å². The summed E-state index contributed by atoms with van der Waals surface area (Å²) in [6.45, 7) is 0. The number of hydrogen-bond acceptors (Lipinski definition) is 4. The van der Waals surface area contributed by atoms with E-state index in [1.165, 1.54) is 65.7 Å². The topological polar surface area (TPSA) is 62.5 Å². The Labute approximate surface area is 428 Å². The van der Waals surface area contributed by atoms with Crippen molar-refractivity contribution in [2.75, 3.05) is 0 Å². The van der Waals surface area contributed by atoms with Crippen LogP contribution in [0.25, 0.3) is 144 Å². The molecule has 342 valence electrons. The van der Waals surface area contributed by atoms with Crippen molar-refractivity contribution in [1.29, 1.82) is 5.26 Å². The molecule has 74 heavy (non-hydrogen) atoms. The molecular formula is C70H42N4. The summed E-state index contributed by atoms with van der Waals surface area (Å²) >= 11 is 0. The summed E-state index contributed by atoms with van der Waals surface area (Å²) in [4.78, 5) is 15.3. The molecule has 1 aliphatic rings. The molecule has 12 aromatic carbocycles. The normalized spacial score (nSPS) is 11.5. The zero-order valence-electron chi connectivity index (χ0n) is 40.0. The second kappa shape index (κ2) is 17.6. The van der Waals surface area contributed by atoms with E-state index in [4.69, 9.17) is 15.0 Å². The van der Waals surface area contributed by atoms with Gasteiger partial charge >= 0.3 is 0 Å². The Kier molecular flexibility index (Phi) is 10.2. The van der Waals surface area contributed by atoms with Crippen LogP contribution in [-0.2, 0) is 0 Å². The van der Waals surface area contributed by atoms with Gasteiger partial charge in [-0.3, -0.25) is 0 Å². The average molecular weight is 939 g/mol. The molecule has 1 aromatic heterocycles. The zero-order valence-corrected chi connectivity index (χ0v) is 40.0. The predicted molar refractivity (Wildman–Crippen MR) is 305 cm³/mol. The molecule has 4 nitrogen and oxygen atoms in total. The first kappa shape index (κ1) is 42.8. The number of benzene rings is 12. The van der Waals surface area contributed by atoms with E-state index in [0.29, 0.717) is 23.0 Å². The van der Waals surface area contributed by atoms with Crippen LogP contribution in [0.4, 0.5) is 0 Å². The van der Waals surface area contributed by atoms with Gasteiger partial charge in [-0.25, -0.2) is 15.0 Å². The number of nitrogens with zero attached hydrogens (tertiary/aromatic N) is 4. The van der Waals surface area contributed by atoms with Gasteiger partial charge in [0.1, 0.15) is 0 Å². The Bertz CT molecular complexity index is 4400. The Balaban J connectivity index is 0.769. The highest BCUT2D eigenvalue weighted by atomic mass is 15.0. The number of aromatic nitrogens is 3. The predicted octanol–water partition coefficient (Wildman–Crippen LogP) is 18.2. The molecule has 0 atom stereocenters. The van der Waals surface area contributed by atoms with Crippen LogP contribution in [0.3, 0.4) is 0 Å². The Hall–Kier alpha value is -10.1. The van der Waals surface area contributed by atoms with Crippen LogP contribution in [0.1, 0.15) is 5.56 Å². The zero-order chi connectivity index (χ0) is 49.1. The molecule has 0 saturated carbocycles. The van der Waals surface area contributed by atoms with Gasteiger partial charge in [-0.15, -0.1) is 0 Å². The van der Waals surface area contributed by atoms with E-state index in [0.717, 1.165) is 61.2 Å². The van der Waals surface area contributed by atoms with E-state index < -0.39 is 0 Å². The van der Waals surface area contributed by atoms with Crippen molar-refractivity contribution in [2.45, 2.75) is 0 Å². The van der Waals surface area contributed by atoms with E-state index in [1.807, 2.05) is 36.4 Å². The quantitative estimate of drug-likeness (QED) is 0.142. The third-order valence-corrected chi connectivity index (χ3v) is 14.7. The van der Waals surface area contributed by atoms with Crippen molar-refractivity contribution in [2.24, 2.45) is 0 Å². The highest BCUT2D eigenvalue weighted by molar-refractivity contribution is 6.19. The SMILES string of the molecule is N#Cc1cc(-c2cccc(-c3ccc(-c4nc(-c5ccccc5)nc(-c5cccc(-c6cc7ccccc7c7ccccc67)c5)n4)cc3)c2)ccc1-c1cccc(-c2ccc3c4c(cccc24)-c2ccccc2-3)c1. The van der Waals surface area contributed by atoms with E-state index in [2.05, 4.69) is 224 Å². The van der Waals surface area contributed by atoms with Crippen LogP contribution in [0, 0.1) is 11.3 Å². The van der Waals surface area contributed by atoms with Crippen LogP contribution in [-0.4, -0.2) is 15.0 Å². The molecule has 0 amide bonds. The number of rotatable bonds is 8. The lowest BCUT2D eigenvalue weighted by atomic mass is 9.90. The largest absolute Gasteiger partial charge is 0.208 e. The number of nitriles is 1. The van der Waals surface area contributed by atoms with Crippen molar-refractivity contribution < 1.29 is 0 Å². The van der Waals surface area contributed by atoms with Gasteiger partial charge in [0.15, 0.2) is 17.5 Å². The van der Waals surface area contributed by atoms with E-state index in [9.17, 15) is 5.26 Å².